The third-order valence-electron chi connectivity index (χ3n) is 3.06. The summed E-state index contributed by atoms with van der Waals surface area (Å²) in [6, 6.07) is 10.7. The van der Waals surface area contributed by atoms with Crippen molar-refractivity contribution in [2.24, 2.45) is 0 Å². The van der Waals surface area contributed by atoms with Gasteiger partial charge in [0.2, 0.25) is 0 Å². The van der Waals surface area contributed by atoms with Gasteiger partial charge >= 0.3 is 11.9 Å². The van der Waals surface area contributed by atoms with Gasteiger partial charge in [0.25, 0.3) is 0 Å². The summed E-state index contributed by atoms with van der Waals surface area (Å²) in [7, 11) is 0. The third-order valence-corrected chi connectivity index (χ3v) is 3.57. The molecule has 0 aliphatic carbocycles. The Hall–Kier alpha value is -1.83. The Morgan fingerprint density at radius 1 is 1.09 bits per heavy atom. The summed E-state index contributed by atoms with van der Waals surface area (Å²) in [5.74, 6) is -0.788. The van der Waals surface area contributed by atoms with Gasteiger partial charge in [0.1, 0.15) is 17.1 Å². The highest BCUT2D eigenvalue weighted by Crippen LogP contribution is 2.24. The molecule has 6 heteroatoms. The van der Waals surface area contributed by atoms with Crippen LogP contribution in [0.3, 0.4) is 0 Å². The standard InChI is InChI=1S/C16H16INO4/c1-10(17)15(19)21-8-9-22-16(20)13-6-7-14(18)12-5-3-2-4-11(12)13/h2-7,10H,8-9,18H2,1H3. The maximum Gasteiger partial charge on any atom is 0.338 e. The molecule has 0 amide bonds. The maximum atomic E-state index is 12.1. The number of carbonyl (C=O) groups excluding carboxylic acids is 2. The summed E-state index contributed by atoms with van der Waals surface area (Å²) >= 11 is 1.96. The Labute approximate surface area is 141 Å². The van der Waals surface area contributed by atoms with Crippen molar-refractivity contribution in [2.75, 3.05) is 18.9 Å². The highest BCUT2D eigenvalue weighted by Gasteiger charge is 2.14. The first-order valence-electron chi connectivity index (χ1n) is 6.75. The molecule has 0 saturated heterocycles. The van der Waals surface area contributed by atoms with Gasteiger partial charge in [-0.15, -0.1) is 0 Å². The fourth-order valence-electron chi connectivity index (χ4n) is 1.97. The van der Waals surface area contributed by atoms with E-state index in [9.17, 15) is 9.59 Å². The molecule has 0 saturated carbocycles. The van der Waals surface area contributed by atoms with E-state index in [4.69, 9.17) is 15.2 Å². The topological polar surface area (TPSA) is 78.6 Å². The van der Waals surface area contributed by atoms with Crippen molar-refractivity contribution in [1.82, 2.24) is 0 Å². The van der Waals surface area contributed by atoms with E-state index >= 15 is 0 Å². The van der Waals surface area contributed by atoms with Crippen molar-refractivity contribution >= 4 is 51.0 Å². The van der Waals surface area contributed by atoms with Crippen molar-refractivity contribution in [1.29, 1.82) is 0 Å². The molecule has 2 N–H and O–H groups in total. The van der Waals surface area contributed by atoms with Gasteiger partial charge in [-0.1, -0.05) is 46.9 Å². The van der Waals surface area contributed by atoms with Gasteiger partial charge in [0, 0.05) is 11.1 Å². The van der Waals surface area contributed by atoms with Crippen LogP contribution in [-0.2, 0) is 14.3 Å². The van der Waals surface area contributed by atoms with Crippen molar-refractivity contribution in [3.05, 3.63) is 42.0 Å². The summed E-state index contributed by atoms with van der Waals surface area (Å²) in [6.07, 6.45) is 0. The van der Waals surface area contributed by atoms with Crippen LogP contribution in [-0.4, -0.2) is 29.1 Å². The Bertz CT molecular complexity index is 700. The number of ether oxygens (including phenoxy) is 2. The highest BCUT2D eigenvalue weighted by atomic mass is 127. The van der Waals surface area contributed by atoms with Gasteiger partial charge in [-0.25, -0.2) is 4.79 Å². The van der Waals surface area contributed by atoms with Gasteiger partial charge in [-0.2, -0.15) is 0 Å². The zero-order valence-corrected chi connectivity index (χ0v) is 14.2. The monoisotopic (exact) mass is 413 g/mol. The first kappa shape index (κ1) is 16.5. The van der Waals surface area contributed by atoms with Crippen molar-refractivity contribution in [3.63, 3.8) is 0 Å². The minimum Gasteiger partial charge on any atom is -0.461 e. The molecule has 2 aromatic rings. The van der Waals surface area contributed by atoms with Crippen LogP contribution in [0, 0.1) is 0 Å². The highest BCUT2D eigenvalue weighted by molar-refractivity contribution is 14.1. The van der Waals surface area contributed by atoms with Crippen LogP contribution in [0.15, 0.2) is 36.4 Å². The predicted molar refractivity (Wildman–Crippen MR) is 93.1 cm³/mol. The van der Waals surface area contributed by atoms with E-state index in [0.29, 0.717) is 11.3 Å². The molecule has 0 aliphatic heterocycles. The van der Waals surface area contributed by atoms with Crippen LogP contribution in [0.5, 0.6) is 0 Å². The summed E-state index contributed by atoms with van der Waals surface area (Å²) in [5.41, 5.74) is 6.95. The lowest BCUT2D eigenvalue weighted by Crippen LogP contribution is -2.18. The number of hydrogen-bond donors (Lipinski definition) is 1. The lowest BCUT2D eigenvalue weighted by molar-refractivity contribution is -0.143. The SMILES string of the molecule is CC(I)C(=O)OCCOC(=O)c1ccc(N)c2ccccc12. The molecule has 2 aromatic carbocycles. The minimum absolute atomic E-state index is 0.0205. The quantitative estimate of drug-likeness (QED) is 0.268. The van der Waals surface area contributed by atoms with Crippen LogP contribution in [0.2, 0.25) is 0 Å². The van der Waals surface area contributed by atoms with Gasteiger partial charge in [0.15, 0.2) is 0 Å². The molecule has 0 aromatic heterocycles. The van der Waals surface area contributed by atoms with E-state index in [1.165, 1.54) is 0 Å². The lowest BCUT2D eigenvalue weighted by atomic mass is 10.0. The summed E-state index contributed by atoms with van der Waals surface area (Å²) in [4.78, 5) is 23.4. The van der Waals surface area contributed by atoms with Gasteiger partial charge in [-0.3, -0.25) is 4.79 Å². The molecule has 1 unspecified atom stereocenters. The number of nitrogens with two attached hydrogens (primary N) is 1. The molecule has 1 atom stereocenters. The minimum atomic E-state index is -0.463. The molecule has 5 nitrogen and oxygen atoms in total. The second-order valence-corrected chi connectivity index (χ2v) is 6.54. The fourth-order valence-corrected chi connectivity index (χ4v) is 2.15. The normalized spacial score (nSPS) is 11.9. The average Bonchev–Trinajstić information content (AvgIpc) is 2.51. The van der Waals surface area contributed by atoms with E-state index in [1.54, 1.807) is 19.1 Å². The van der Waals surface area contributed by atoms with Gasteiger partial charge in [-0.05, 0) is 24.4 Å². The first-order valence-corrected chi connectivity index (χ1v) is 8.00. The maximum absolute atomic E-state index is 12.1. The number of alkyl halides is 1. The predicted octanol–water partition coefficient (Wildman–Crippen LogP) is 2.95. The number of anilines is 1. The number of nitrogen functional groups attached to an aromatic ring is 1. The molecular weight excluding hydrogens is 397 g/mol. The van der Waals surface area contributed by atoms with Gasteiger partial charge in [0.05, 0.1) is 5.56 Å². The van der Waals surface area contributed by atoms with E-state index in [2.05, 4.69) is 0 Å². The van der Waals surface area contributed by atoms with E-state index < -0.39 is 5.97 Å². The molecule has 0 spiro atoms. The summed E-state index contributed by atoms with van der Waals surface area (Å²) in [6.45, 7) is 1.80. The van der Waals surface area contributed by atoms with E-state index in [1.807, 2.05) is 46.9 Å². The average molecular weight is 413 g/mol. The molecule has 0 heterocycles. The molecule has 116 valence electrons. The number of halogens is 1. The zero-order valence-electron chi connectivity index (χ0n) is 12.0. The van der Waals surface area contributed by atoms with E-state index in [0.717, 1.165) is 10.8 Å². The zero-order chi connectivity index (χ0) is 16.1. The third kappa shape index (κ3) is 3.88. The molecule has 0 fully saturated rings. The largest absolute Gasteiger partial charge is 0.461 e. The number of benzene rings is 2. The molecule has 0 aliphatic rings. The Balaban J connectivity index is 2.02. The molecular formula is C16H16INO4. The second-order valence-electron chi connectivity index (χ2n) is 4.67. The Morgan fingerprint density at radius 3 is 2.41 bits per heavy atom. The van der Waals surface area contributed by atoms with Crippen LogP contribution >= 0.6 is 22.6 Å². The van der Waals surface area contributed by atoms with E-state index in [-0.39, 0.29) is 23.1 Å². The number of hydrogen-bond acceptors (Lipinski definition) is 5. The Morgan fingerprint density at radius 2 is 1.73 bits per heavy atom. The van der Waals surface area contributed by atoms with Crippen LogP contribution in [0.1, 0.15) is 17.3 Å². The van der Waals surface area contributed by atoms with Gasteiger partial charge < -0.3 is 15.2 Å². The molecule has 2 rings (SSSR count). The van der Waals surface area contributed by atoms with Crippen molar-refractivity contribution < 1.29 is 19.1 Å². The van der Waals surface area contributed by atoms with Crippen LogP contribution in [0.25, 0.3) is 10.8 Å². The Kier molecular flexibility index (Phi) is 5.59. The number of esters is 2. The fraction of sp³-hybridized carbons (Fsp3) is 0.250. The molecule has 0 bridgehead atoms. The first-order chi connectivity index (χ1) is 10.5. The second kappa shape index (κ2) is 7.44. The number of fused-ring (bicyclic) bond motifs is 1. The van der Waals surface area contributed by atoms with Crippen LogP contribution in [0.4, 0.5) is 5.69 Å². The van der Waals surface area contributed by atoms with Crippen molar-refractivity contribution in [3.8, 4) is 0 Å². The molecule has 22 heavy (non-hydrogen) atoms. The number of carbonyl (C=O) groups is 2. The number of rotatable bonds is 5. The summed E-state index contributed by atoms with van der Waals surface area (Å²) in [5, 5.41) is 1.55. The smallest absolute Gasteiger partial charge is 0.338 e. The van der Waals surface area contributed by atoms with Crippen molar-refractivity contribution in [2.45, 2.75) is 10.8 Å². The summed E-state index contributed by atoms with van der Waals surface area (Å²) < 4.78 is 9.87. The molecule has 0 radical (unpaired) electrons. The lowest BCUT2D eigenvalue weighted by Gasteiger charge is -2.10. The van der Waals surface area contributed by atoms with Crippen LogP contribution < -0.4 is 5.73 Å².